The first-order valence-electron chi connectivity index (χ1n) is 4.72. The molecule has 1 heteroatoms. The van der Waals surface area contributed by atoms with Crippen LogP contribution in [0.5, 0.6) is 0 Å². The van der Waals surface area contributed by atoms with Crippen LogP contribution in [0.15, 0.2) is 30.3 Å². The largest absolute Gasteiger partial charge is 0.303 e. The van der Waals surface area contributed by atoms with E-state index < -0.39 is 0 Å². The van der Waals surface area contributed by atoms with Crippen molar-refractivity contribution in [3.8, 4) is 0 Å². The summed E-state index contributed by atoms with van der Waals surface area (Å²) in [5.74, 6) is 0.710. The van der Waals surface area contributed by atoms with Crippen LogP contribution in [0.2, 0.25) is 0 Å². The van der Waals surface area contributed by atoms with E-state index in [-0.39, 0.29) is 11.3 Å². The van der Waals surface area contributed by atoms with Gasteiger partial charge < -0.3 is 4.79 Å². The van der Waals surface area contributed by atoms with Crippen LogP contribution in [-0.4, -0.2) is 6.29 Å². The lowest BCUT2D eigenvalue weighted by molar-refractivity contribution is -0.109. The molecule has 68 valence electrons. The van der Waals surface area contributed by atoms with Crippen LogP contribution in [0.4, 0.5) is 0 Å². The Kier molecular flexibility index (Phi) is 1.76. The first-order chi connectivity index (χ1) is 6.21. The molecule has 0 unspecified atom stereocenters. The second kappa shape index (κ2) is 2.69. The third kappa shape index (κ3) is 1.03. The summed E-state index contributed by atoms with van der Waals surface area (Å²) in [5, 5.41) is 0. The summed E-state index contributed by atoms with van der Waals surface area (Å²) in [4.78, 5) is 10.8. The van der Waals surface area contributed by atoms with Crippen LogP contribution in [0.1, 0.15) is 19.4 Å². The number of hydrogen-bond acceptors (Lipinski definition) is 1. The van der Waals surface area contributed by atoms with Crippen molar-refractivity contribution in [2.45, 2.75) is 19.3 Å². The lowest BCUT2D eigenvalue weighted by Crippen LogP contribution is -2.05. The van der Waals surface area contributed by atoms with Crippen LogP contribution >= 0.6 is 0 Å². The van der Waals surface area contributed by atoms with Crippen molar-refractivity contribution in [2.75, 3.05) is 0 Å². The van der Waals surface area contributed by atoms with E-state index in [0.29, 0.717) is 5.92 Å². The van der Waals surface area contributed by atoms with Crippen molar-refractivity contribution in [1.29, 1.82) is 0 Å². The highest BCUT2D eigenvalue weighted by atomic mass is 16.1. The van der Waals surface area contributed by atoms with Gasteiger partial charge in [0.15, 0.2) is 0 Å². The molecule has 0 N–H and O–H groups in total. The second-order valence-electron chi connectivity index (χ2n) is 4.10. The molecule has 1 nitrogen and oxygen atoms in total. The van der Waals surface area contributed by atoms with Crippen LogP contribution in [0.25, 0.3) is 0 Å². The Bertz CT molecular complexity index is 317. The lowest BCUT2D eigenvalue weighted by Gasteiger charge is -2.09. The fourth-order valence-electron chi connectivity index (χ4n) is 2.28. The average Bonchev–Trinajstić information content (AvgIpc) is 2.72. The van der Waals surface area contributed by atoms with Gasteiger partial charge in [-0.1, -0.05) is 44.2 Å². The standard InChI is InChI=1S/C12H14O/c1-9-11(8-13)12(9,2)10-6-4-3-5-7-10/h3-9,11H,1-2H3/t9-,11-,12+/m0/s1. The highest BCUT2D eigenvalue weighted by Gasteiger charge is 2.59. The summed E-state index contributed by atoms with van der Waals surface area (Å²) in [6.07, 6.45) is 1.09. The maximum Gasteiger partial charge on any atom is 0.124 e. The molecule has 0 amide bonds. The highest BCUT2D eigenvalue weighted by Crippen LogP contribution is 2.58. The molecule has 13 heavy (non-hydrogen) atoms. The number of rotatable bonds is 2. The summed E-state index contributed by atoms with van der Waals surface area (Å²) in [6.45, 7) is 4.32. The van der Waals surface area contributed by atoms with E-state index >= 15 is 0 Å². The van der Waals surface area contributed by atoms with Gasteiger partial charge in [0.25, 0.3) is 0 Å². The quantitative estimate of drug-likeness (QED) is 0.629. The van der Waals surface area contributed by atoms with E-state index in [2.05, 4.69) is 26.0 Å². The summed E-state index contributed by atoms with van der Waals surface area (Å²) in [7, 11) is 0. The van der Waals surface area contributed by atoms with Gasteiger partial charge in [-0.15, -0.1) is 0 Å². The smallest absolute Gasteiger partial charge is 0.124 e. The molecular weight excluding hydrogens is 160 g/mol. The maximum atomic E-state index is 10.8. The minimum absolute atomic E-state index is 0.100. The summed E-state index contributed by atoms with van der Waals surface area (Å²) in [6, 6.07) is 10.3. The topological polar surface area (TPSA) is 17.1 Å². The first kappa shape index (κ1) is 8.49. The van der Waals surface area contributed by atoms with Gasteiger partial charge >= 0.3 is 0 Å². The Morgan fingerprint density at radius 3 is 2.38 bits per heavy atom. The second-order valence-corrected chi connectivity index (χ2v) is 4.10. The summed E-state index contributed by atoms with van der Waals surface area (Å²) >= 11 is 0. The van der Waals surface area contributed by atoms with Gasteiger partial charge in [-0.05, 0) is 11.5 Å². The predicted octanol–water partition coefficient (Wildman–Crippen LogP) is 2.41. The molecule has 0 aliphatic heterocycles. The van der Waals surface area contributed by atoms with E-state index in [0.717, 1.165) is 6.29 Å². The minimum atomic E-state index is 0.100. The zero-order valence-electron chi connectivity index (χ0n) is 8.03. The van der Waals surface area contributed by atoms with Crippen LogP contribution in [-0.2, 0) is 10.2 Å². The van der Waals surface area contributed by atoms with Crippen LogP contribution in [0, 0.1) is 11.8 Å². The van der Waals surface area contributed by atoms with Gasteiger partial charge in [0.05, 0.1) is 0 Å². The van der Waals surface area contributed by atoms with Crippen LogP contribution < -0.4 is 0 Å². The molecular formula is C12H14O. The van der Waals surface area contributed by atoms with Crippen LogP contribution in [0.3, 0.4) is 0 Å². The molecule has 0 spiro atoms. The van der Waals surface area contributed by atoms with E-state index in [4.69, 9.17) is 0 Å². The third-order valence-electron chi connectivity index (χ3n) is 3.61. The highest BCUT2D eigenvalue weighted by molar-refractivity contribution is 5.65. The first-order valence-corrected chi connectivity index (χ1v) is 4.72. The SMILES string of the molecule is C[C@H]1[C@H](C=O)[C@@]1(C)c1ccccc1. The Hall–Kier alpha value is -1.11. The van der Waals surface area contributed by atoms with Gasteiger partial charge in [0.1, 0.15) is 6.29 Å². The molecule has 1 saturated carbocycles. The molecule has 2 rings (SSSR count). The molecule has 0 radical (unpaired) electrons. The fraction of sp³-hybridized carbons (Fsp3) is 0.417. The molecule has 0 saturated heterocycles. The van der Waals surface area contributed by atoms with E-state index in [1.54, 1.807) is 0 Å². The van der Waals surface area contributed by atoms with Crippen molar-refractivity contribution < 1.29 is 4.79 Å². The van der Waals surface area contributed by atoms with Gasteiger partial charge in [-0.2, -0.15) is 0 Å². The Morgan fingerprint density at radius 1 is 1.31 bits per heavy atom. The number of aldehydes is 1. The fourth-order valence-corrected chi connectivity index (χ4v) is 2.28. The molecule has 3 atom stereocenters. The number of carbonyl (C=O) groups is 1. The zero-order valence-corrected chi connectivity index (χ0v) is 8.03. The molecule has 0 heterocycles. The number of benzene rings is 1. The monoisotopic (exact) mass is 174 g/mol. The summed E-state index contributed by atoms with van der Waals surface area (Å²) < 4.78 is 0. The Morgan fingerprint density at radius 2 is 1.92 bits per heavy atom. The molecule has 1 aromatic carbocycles. The van der Waals surface area contributed by atoms with Gasteiger partial charge in [0, 0.05) is 11.3 Å². The van der Waals surface area contributed by atoms with Crippen molar-refractivity contribution in [1.82, 2.24) is 0 Å². The molecule has 1 aromatic rings. The number of hydrogen-bond donors (Lipinski definition) is 0. The van der Waals surface area contributed by atoms with E-state index in [1.807, 2.05) is 18.2 Å². The van der Waals surface area contributed by atoms with Crippen molar-refractivity contribution in [3.63, 3.8) is 0 Å². The average molecular weight is 174 g/mol. The maximum absolute atomic E-state index is 10.8. The predicted molar refractivity (Wildman–Crippen MR) is 52.5 cm³/mol. The Labute approximate surface area is 78.8 Å². The lowest BCUT2D eigenvalue weighted by atomic mass is 9.94. The normalized spacial score (nSPS) is 37.1. The van der Waals surface area contributed by atoms with E-state index in [1.165, 1.54) is 5.56 Å². The molecule has 0 bridgehead atoms. The van der Waals surface area contributed by atoms with Crippen molar-refractivity contribution in [2.24, 2.45) is 11.8 Å². The summed E-state index contributed by atoms with van der Waals surface area (Å²) in [5.41, 5.74) is 1.39. The number of carbonyl (C=O) groups excluding carboxylic acids is 1. The van der Waals surface area contributed by atoms with Gasteiger partial charge in [-0.3, -0.25) is 0 Å². The van der Waals surface area contributed by atoms with Gasteiger partial charge in [-0.25, -0.2) is 0 Å². The van der Waals surface area contributed by atoms with E-state index in [9.17, 15) is 4.79 Å². The molecule has 1 fully saturated rings. The van der Waals surface area contributed by atoms with Crippen molar-refractivity contribution >= 4 is 6.29 Å². The zero-order chi connectivity index (χ0) is 9.47. The molecule has 1 aliphatic carbocycles. The minimum Gasteiger partial charge on any atom is -0.303 e. The molecule has 1 aliphatic rings. The Balaban J connectivity index is 2.34. The third-order valence-corrected chi connectivity index (χ3v) is 3.61. The van der Waals surface area contributed by atoms with Gasteiger partial charge in [0.2, 0.25) is 0 Å². The van der Waals surface area contributed by atoms with Crippen molar-refractivity contribution in [3.05, 3.63) is 35.9 Å². The molecule has 0 aromatic heterocycles.